The summed E-state index contributed by atoms with van der Waals surface area (Å²) in [6.07, 6.45) is 2.64. The zero-order valence-corrected chi connectivity index (χ0v) is 12.4. The lowest BCUT2D eigenvalue weighted by Gasteiger charge is -2.19. The van der Waals surface area contributed by atoms with Gasteiger partial charge in [0.2, 0.25) is 0 Å². The first-order chi connectivity index (χ1) is 8.28. The van der Waals surface area contributed by atoms with Crippen molar-refractivity contribution in [3.63, 3.8) is 0 Å². The van der Waals surface area contributed by atoms with Gasteiger partial charge in [-0.3, -0.25) is 4.79 Å². The average molecular weight is 246 g/mol. The van der Waals surface area contributed by atoms with Gasteiger partial charge in [-0.1, -0.05) is 57.5 Å². The van der Waals surface area contributed by atoms with Gasteiger partial charge in [-0.15, -0.1) is 0 Å². The van der Waals surface area contributed by atoms with Crippen LogP contribution in [0.2, 0.25) is 0 Å². The van der Waals surface area contributed by atoms with E-state index in [1.165, 1.54) is 11.1 Å². The van der Waals surface area contributed by atoms with Crippen LogP contribution in [0.15, 0.2) is 24.3 Å². The van der Waals surface area contributed by atoms with Gasteiger partial charge in [0.25, 0.3) is 0 Å². The van der Waals surface area contributed by atoms with E-state index in [9.17, 15) is 4.79 Å². The molecule has 1 heteroatoms. The number of rotatable bonds is 5. The van der Waals surface area contributed by atoms with Crippen LogP contribution in [0, 0.1) is 18.3 Å². The molecule has 0 heterocycles. The summed E-state index contributed by atoms with van der Waals surface area (Å²) < 4.78 is 0. The second-order valence-electron chi connectivity index (χ2n) is 6.63. The molecule has 1 unspecified atom stereocenters. The molecule has 0 fully saturated rings. The third-order valence-electron chi connectivity index (χ3n) is 3.24. The number of ketones is 1. The molecule has 0 spiro atoms. The average Bonchev–Trinajstić information content (AvgIpc) is 2.25. The van der Waals surface area contributed by atoms with E-state index in [0.717, 1.165) is 12.8 Å². The molecule has 0 N–H and O–H groups in total. The van der Waals surface area contributed by atoms with Crippen molar-refractivity contribution in [3.8, 4) is 0 Å². The lowest BCUT2D eigenvalue weighted by molar-refractivity contribution is -0.124. The summed E-state index contributed by atoms with van der Waals surface area (Å²) in [5, 5.41) is 0. The Bertz CT molecular complexity index is 381. The van der Waals surface area contributed by atoms with Crippen LogP contribution >= 0.6 is 0 Å². The Labute approximate surface area is 112 Å². The highest BCUT2D eigenvalue weighted by Crippen LogP contribution is 2.23. The molecule has 1 atom stereocenters. The highest BCUT2D eigenvalue weighted by Gasteiger charge is 2.20. The molecule has 0 saturated carbocycles. The number of carbonyl (C=O) groups excluding carboxylic acids is 1. The third kappa shape index (κ3) is 5.48. The fourth-order valence-electron chi connectivity index (χ4n) is 2.00. The Morgan fingerprint density at radius 1 is 1.17 bits per heavy atom. The number of hydrogen-bond donors (Lipinski definition) is 0. The number of hydrogen-bond acceptors (Lipinski definition) is 1. The summed E-state index contributed by atoms with van der Waals surface area (Å²) in [6, 6.07) is 8.60. The second kappa shape index (κ2) is 6.17. The topological polar surface area (TPSA) is 17.1 Å². The van der Waals surface area contributed by atoms with Crippen LogP contribution in [0.5, 0.6) is 0 Å². The molecule has 0 aliphatic carbocycles. The van der Waals surface area contributed by atoms with Crippen LogP contribution < -0.4 is 0 Å². The van der Waals surface area contributed by atoms with Gasteiger partial charge < -0.3 is 0 Å². The molecule has 0 saturated heterocycles. The van der Waals surface area contributed by atoms with E-state index < -0.39 is 0 Å². The Kier molecular flexibility index (Phi) is 5.13. The third-order valence-corrected chi connectivity index (χ3v) is 3.24. The largest absolute Gasteiger partial charge is 0.299 e. The molecule has 1 aromatic rings. The molecule has 0 bridgehead atoms. The van der Waals surface area contributed by atoms with Crippen LogP contribution in [0.4, 0.5) is 0 Å². The van der Waals surface area contributed by atoms with E-state index in [4.69, 9.17) is 0 Å². The second-order valence-corrected chi connectivity index (χ2v) is 6.63. The van der Waals surface area contributed by atoms with Gasteiger partial charge in [0.15, 0.2) is 0 Å². The van der Waals surface area contributed by atoms with E-state index in [1.807, 2.05) is 0 Å². The van der Waals surface area contributed by atoms with E-state index in [1.54, 1.807) is 0 Å². The number of aryl methyl sites for hydroxylation is 2. The first kappa shape index (κ1) is 14.9. The van der Waals surface area contributed by atoms with Crippen LogP contribution in [0.25, 0.3) is 0 Å². The van der Waals surface area contributed by atoms with Crippen molar-refractivity contribution < 1.29 is 4.79 Å². The van der Waals surface area contributed by atoms with Crippen molar-refractivity contribution in [3.05, 3.63) is 35.4 Å². The number of carbonyl (C=O) groups is 1. The fraction of sp³-hybridized carbons (Fsp3) is 0.588. The fourth-order valence-corrected chi connectivity index (χ4v) is 2.00. The lowest BCUT2D eigenvalue weighted by Crippen LogP contribution is -2.19. The molecule has 100 valence electrons. The maximum atomic E-state index is 12.0. The summed E-state index contributed by atoms with van der Waals surface area (Å²) in [4.78, 5) is 12.0. The van der Waals surface area contributed by atoms with Gasteiger partial charge >= 0.3 is 0 Å². The van der Waals surface area contributed by atoms with Crippen LogP contribution in [-0.4, -0.2) is 5.78 Å². The van der Waals surface area contributed by atoms with Gasteiger partial charge in [0.1, 0.15) is 5.78 Å². The Morgan fingerprint density at radius 3 is 2.22 bits per heavy atom. The molecule has 1 nitrogen and oxygen atoms in total. The first-order valence-electron chi connectivity index (χ1n) is 6.86. The lowest BCUT2D eigenvalue weighted by atomic mass is 9.84. The Balaban J connectivity index is 2.43. The molecule has 1 rings (SSSR count). The minimum Gasteiger partial charge on any atom is -0.299 e. The van der Waals surface area contributed by atoms with E-state index in [0.29, 0.717) is 12.2 Å². The monoisotopic (exact) mass is 246 g/mol. The summed E-state index contributed by atoms with van der Waals surface area (Å²) >= 11 is 0. The molecule has 1 aromatic carbocycles. The van der Waals surface area contributed by atoms with Crippen molar-refractivity contribution in [1.82, 2.24) is 0 Å². The van der Waals surface area contributed by atoms with Gasteiger partial charge in [0, 0.05) is 12.3 Å². The van der Waals surface area contributed by atoms with Crippen LogP contribution in [-0.2, 0) is 11.2 Å². The van der Waals surface area contributed by atoms with Crippen LogP contribution in [0.1, 0.15) is 51.7 Å². The standard InChI is InChI=1S/C17H26O/c1-13-6-9-15(10-7-13)11-8-14(2)16(18)12-17(3,4)5/h6-7,9-10,14H,8,11-12H2,1-5H3. The number of Topliss-reactive ketones (excluding diaryl/α,β-unsaturated/α-hetero) is 1. The maximum Gasteiger partial charge on any atom is 0.136 e. The minimum atomic E-state index is 0.106. The quantitative estimate of drug-likeness (QED) is 0.744. The molecule has 0 aliphatic rings. The molecule has 0 radical (unpaired) electrons. The van der Waals surface area contributed by atoms with Crippen molar-refractivity contribution in [2.24, 2.45) is 11.3 Å². The smallest absolute Gasteiger partial charge is 0.136 e. The predicted octanol–water partition coefficient (Wildman–Crippen LogP) is 4.57. The normalized spacial score (nSPS) is 13.4. The molecular weight excluding hydrogens is 220 g/mol. The highest BCUT2D eigenvalue weighted by atomic mass is 16.1. The molecule has 18 heavy (non-hydrogen) atoms. The zero-order valence-electron chi connectivity index (χ0n) is 12.4. The minimum absolute atomic E-state index is 0.106. The molecular formula is C17H26O. The SMILES string of the molecule is Cc1ccc(CCC(C)C(=O)CC(C)(C)C)cc1. The summed E-state index contributed by atoms with van der Waals surface area (Å²) in [7, 11) is 0. The van der Waals surface area contributed by atoms with Gasteiger partial charge in [-0.25, -0.2) is 0 Å². The van der Waals surface area contributed by atoms with E-state index in [-0.39, 0.29) is 11.3 Å². The van der Waals surface area contributed by atoms with E-state index in [2.05, 4.69) is 58.9 Å². The summed E-state index contributed by atoms with van der Waals surface area (Å²) in [6.45, 7) is 10.5. The summed E-state index contributed by atoms with van der Waals surface area (Å²) in [5.74, 6) is 0.570. The highest BCUT2D eigenvalue weighted by molar-refractivity contribution is 5.81. The molecule has 0 aliphatic heterocycles. The van der Waals surface area contributed by atoms with Crippen molar-refractivity contribution >= 4 is 5.78 Å². The van der Waals surface area contributed by atoms with Gasteiger partial charge in [0.05, 0.1) is 0 Å². The predicted molar refractivity (Wildman–Crippen MR) is 77.7 cm³/mol. The van der Waals surface area contributed by atoms with Crippen molar-refractivity contribution in [1.29, 1.82) is 0 Å². The number of benzene rings is 1. The Morgan fingerprint density at radius 2 is 1.72 bits per heavy atom. The summed E-state index contributed by atoms with van der Waals surface area (Å²) in [5.41, 5.74) is 2.72. The van der Waals surface area contributed by atoms with E-state index >= 15 is 0 Å². The Hall–Kier alpha value is -1.11. The van der Waals surface area contributed by atoms with Crippen LogP contribution in [0.3, 0.4) is 0 Å². The van der Waals surface area contributed by atoms with Crippen molar-refractivity contribution in [2.45, 2.75) is 53.9 Å². The van der Waals surface area contributed by atoms with Gasteiger partial charge in [-0.05, 0) is 30.7 Å². The molecule has 0 amide bonds. The molecule has 0 aromatic heterocycles. The van der Waals surface area contributed by atoms with Crippen molar-refractivity contribution in [2.75, 3.05) is 0 Å². The zero-order chi connectivity index (χ0) is 13.8. The van der Waals surface area contributed by atoms with Gasteiger partial charge in [-0.2, -0.15) is 0 Å². The first-order valence-corrected chi connectivity index (χ1v) is 6.86. The maximum absolute atomic E-state index is 12.0.